The molecule has 1 unspecified atom stereocenters. The molecule has 5 heteroatoms. The highest BCUT2D eigenvalue weighted by Gasteiger charge is 2.37. The second-order valence-corrected chi connectivity index (χ2v) is 7.16. The third-order valence-electron chi connectivity index (χ3n) is 4.83. The van der Waals surface area contributed by atoms with Crippen LogP contribution < -0.4 is 11.1 Å². The van der Waals surface area contributed by atoms with E-state index in [0.29, 0.717) is 19.6 Å². The number of nitrogens with two attached hydrogens (primary N) is 1. The van der Waals surface area contributed by atoms with Crippen molar-refractivity contribution in [1.29, 1.82) is 0 Å². The molecule has 0 aromatic heterocycles. The van der Waals surface area contributed by atoms with Crippen molar-refractivity contribution in [3.8, 4) is 0 Å². The van der Waals surface area contributed by atoms with Crippen LogP contribution in [-0.2, 0) is 15.0 Å². The highest BCUT2D eigenvalue weighted by molar-refractivity contribution is 5.88. The molecule has 0 spiro atoms. The zero-order chi connectivity index (χ0) is 17.7. The van der Waals surface area contributed by atoms with Crippen LogP contribution in [0.3, 0.4) is 0 Å². The SMILES string of the molecule is Cc1ccc(C(C)(C)C(=O)N2CCCC(C(=O)NCCN)C2)cc1. The summed E-state index contributed by atoms with van der Waals surface area (Å²) in [6.07, 6.45) is 1.68. The van der Waals surface area contributed by atoms with Crippen LogP contribution in [0.15, 0.2) is 24.3 Å². The number of hydrogen-bond acceptors (Lipinski definition) is 3. The molecule has 24 heavy (non-hydrogen) atoms. The number of nitrogens with one attached hydrogen (secondary N) is 1. The molecule has 5 nitrogen and oxygen atoms in total. The summed E-state index contributed by atoms with van der Waals surface area (Å²) in [7, 11) is 0. The number of aryl methyl sites for hydroxylation is 1. The minimum atomic E-state index is -0.594. The van der Waals surface area contributed by atoms with Gasteiger partial charge >= 0.3 is 0 Å². The summed E-state index contributed by atoms with van der Waals surface area (Å²) in [5.74, 6) is -0.0446. The molecule has 0 aliphatic carbocycles. The molecule has 2 amide bonds. The average molecular weight is 331 g/mol. The van der Waals surface area contributed by atoms with Crippen molar-refractivity contribution in [2.75, 3.05) is 26.2 Å². The molecule has 1 aromatic carbocycles. The first-order chi connectivity index (χ1) is 11.4. The number of piperidine rings is 1. The maximum absolute atomic E-state index is 13.1. The molecule has 2 rings (SSSR count). The van der Waals surface area contributed by atoms with Crippen molar-refractivity contribution < 1.29 is 9.59 Å². The highest BCUT2D eigenvalue weighted by Crippen LogP contribution is 2.28. The quantitative estimate of drug-likeness (QED) is 0.860. The Morgan fingerprint density at radius 3 is 2.58 bits per heavy atom. The standard InChI is InChI=1S/C19H29N3O2/c1-14-6-8-16(9-7-14)19(2,3)18(24)22-12-4-5-15(13-22)17(23)21-11-10-20/h6-9,15H,4-5,10-13,20H2,1-3H3,(H,21,23). The Labute approximate surface area is 144 Å². The third kappa shape index (κ3) is 4.15. The number of carbonyl (C=O) groups is 2. The first-order valence-electron chi connectivity index (χ1n) is 8.70. The van der Waals surface area contributed by atoms with Gasteiger partial charge in [-0.25, -0.2) is 0 Å². The molecular weight excluding hydrogens is 302 g/mol. The molecule has 1 atom stereocenters. The minimum Gasteiger partial charge on any atom is -0.355 e. The van der Waals surface area contributed by atoms with Crippen LogP contribution in [0.2, 0.25) is 0 Å². The Balaban J connectivity index is 2.07. The largest absolute Gasteiger partial charge is 0.355 e. The van der Waals surface area contributed by atoms with Crippen LogP contribution in [0.5, 0.6) is 0 Å². The number of hydrogen-bond donors (Lipinski definition) is 2. The third-order valence-corrected chi connectivity index (χ3v) is 4.83. The van der Waals surface area contributed by atoms with E-state index in [-0.39, 0.29) is 17.7 Å². The molecule has 0 saturated carbocycles. The van der Waals surface area contributed by atoms with E-state index >= 15 is 0 Å². The van der Waals surface area contributed by atoms with Crippen LogP contribution >= 0.6 is 0 Å². The van der Waals surface area contributed by atoms with Crippen molar-refractivity contribution in [1.82, 2.24) is 10.2 Å². The Bertz CT molecular complexity index is 581. The van der Waals surface area contributed by atoms with Crippen molar-refractivity contribution in [2.45, 2.75) is 39.0 Å². The summed E-state index contributed by atoms with van der Waals surface area (Å²) in [5.41, 5.74) is 7.03. The smallest absolute Gasteiger partial charge is 0.232 e. The van der Waals surface area contributed by atoms with Crippen molar-refractivity contribution >= 4 is 11.8 Å². The van der Waals surface area contributed by atoms with Crippen LogP contribution in [0.4, 0.5) is 0 Å². The topological polar surface area (TPSA) is 75.4 Å². The van der Waals surface area contributed by atoms with Crippen molar-refractivity contribution in [2.24, 2.45) is 11.7 Å². The predicted octanol–water partition coefficient (Wildman–Crippen LogP) is 1.59. The molecule has 1 fully saturated rings. The summed E-state index contributed by atoms with van der Waals surface area (Å²) in [6.45, 7) is 8.07. The lowest BCUT2D eigenvalue weighted by molar-refractivity contribution is -0.140. The van der Waals surface area contributed by atoms with Gasteiger partial charge in [-0.05, 0) is 39.2 Å². The molecule has 0 radical (unpaired) electrons. The number of benzene rings is 1. The molecular formula is C19H29N3O2. The van der Waals surface area contributed by atoms with Gasteiger partial charge in [-0.15, -0.1) is 0 Å². The predicted molar refractivity (Wildman–Crippen MR) is 95.6 cm³/mol. The Hall–Kier alpha value is -1.88. The van der Waals surface area contributed by atoms with Gasteiger partial charge < -0.3 is 16.0 Å². The van der Waals surface area contributed by atoms with Crippen molar-refractivity contribution in [3.05, 3.63) is 35.4 Å². The number of carbonyl (C=O) groups excluding carboxylic acids is 2. The van der Waals surface area contributed by atoms with Gasteiger partial charge in [0.1, 0.15) is 0 Å². The lowest BCUT2D eigenvalue weighted by Crippen LogP contribution is -2.50. The first kappa shape index (κ1) is 18.5. The molecule has 1 aliphatic rings. The van der Waals surface area contributed by atoms with Gasteiger partial charge in [-0.3, -0.25) is 9.59 Å². The fourth-order valence-electron chi connectivity index (χ4n) is 3.20. The Kier molecular flexibility index (Phi) is 5.99. The van der Waals surface area contributed by atoms with Gasteiger partial charge in [0.2, 0.25) is 11.8 Å². The van der Waals surface area contributed by atoms with Crippen molar-refractivity contribution in [3.63, 3.8) is 0 Å². The van der Waals surface area contributed by atoms with E-state index in [1.54, 1.807) is 0 Å². The van der Waals surface area contributed by atoms with Crippen LogP contribution in [0, 0.1) is 12.8 Å². The Morgan fingerprint density at radius 2 is 1.96 bits per heavy atom. The van der Waals surface area contributed by atoms with Gasteiger partial charge in [0.05, 0.1) is 11.3 Å². The van der Waals surface area contributed by atoms with Gasteiger partial charge in [0.25, 0.3) is 0 Å². The van der Waals surface area contributed by atoms with E-state index in [1.807, 2.05) is 49.9 Å². The molecule has 3 N–H and O–H groups in total. The lowest BCUT2D eigenvalue weighted by Gasteiger charge is -2.37. The van der Waals surface area contributed by atoms with Gasteiger partial charge in [0, 0.05) is 26.2 Å². The minimum absolute atomic E-state index is 0.00564. The zero-order valence-corrected chi connectivity index (χ0v) is 15.0. The number of likely N-dealkylation sites (tertiary alicyclic amines) is 1. The normalized spacial score (nSPS) is 18.3. The fraction of sp³-hybridized carbons (Fsp3) is 0.579. The Morgan fingerprint density at radius 1 is 1.29 bits per heavy atom. The lowest BCUT2D eigenvalue weighted by atomic mass is 9.82. The molecule has 0 bridgehead atoms. The second-order valence-electron chi connectivity index (χ2n) is 7.16. The van der Waals surface area contributed by atoms with E-state index in [1.165, 1.54) is 5.56 Å². The molecule has 1 saturated heterocycles. The van der Waals surface area contributed by atoms with E-state index in [9.17, 15) is 9.59 Å². The number of amides is 2. The highest BCUT2D eigenvalue weighted by atomic mass is 16.2. The molecule has 1 aromatic rings. The molecule has 1 heterocycles. The summed E-state index contributed by atoms with van der Waals surface area (Å²) in [4.78, 5) is 27.1. The maximum Gasteiger partial charge on any atom is 0.232 e. The van der Waals surface area contributed by atoms with E-state index < -0.39 is 5.41 Å². The first-order valence-corrected chi connectivity index (χ1v) is 8.70. The second kappa shape index (κ2) is 7.79. The van der Waals surface area contributed by atoms with Gasteiger partial charge in [0.15, 0.2) is 0 Å². The van der Waals surface area contributed by atoms with E-state index in [2.05, 4.69) is 5.32 Å². The summed E-state index contributed by atoms with van der Waals surface area (Å²) in [6, 6.07) is 8.10. The average Bonchev–Trinajstić information content (AvgIpc) is 2.59. The monoisotopic (exact) mass is 331 g/mol. The molecule has 132 valence electrons. The summed E-state index contributed by atoms with van der Waals surface area (Å²) >= 11 is 0. The van der Waals surface area contributed by atoms with Gasteiger partial charge in [-0.2, -0.15) is 0 Å². The van der Waals surface area contributed by atoms with Crippen LogP contribution in [0.25, 0.3) is 0 Å². The number of nitrogens with zero attached hydrogens (tertiary/aromatic N) is 1. The van der Waals surface area contributed by atoms with E-state index in [0.717, 1.165) is 24.9 Å². The van der Waals surface area contributed by atoms with E-state index in [4.69, 9.17) is 5.73 Å². The summed E-state index contributed by atoms with van der Waals surface area (Å²) in [5, 5.41) is 2.84. The zero-order valence-electron chi connectivity index (χ0n) is 15.0. The fourth-order valence-corrected chi connectivity index (χ4v) is 3.20. The maximum atomic E-state index is 13.1. The summed E-state index contributed by atoms with van der Waals surface area (Å²) < 4.78 is 0. The molecule has 1 aliphatic heterocycles. The van der Waals surface area contributed by atoms with Gasteiger partial charge in [-0.1, -0.05) is 29.8 Å². The van der Waals surface area contributed by atoms with Crippen LogP contribution in [-0.4, -0.2) is 42.9 Å². The number of rotatable bonds is 5. The van der Waals surface area contributed by atoms with Crippen LogP contribution in [0.1, 0.15) is 37.8 Å².